The van der Waals surface area contributed by atoms with Gasteiger partial charge in [0.25, 0.3) is 0 Å². The second-order valence-corrected chi connectivity index (χ2v) is 8.13. The fourth-order valence-electron chi connectivity index (χ4n) is 4.19. The Kier molecular flexibility index (Phi) is 4.85. The Morgan fingerprint density at radius 3 is 3.08 bits per heavy atom. The summed E-state index contributed by atoms with van der Waals surface area (Å²) >= 11 is 1.75. The third-order valence-electron chi connectivity index (χ3n) is 5.43. The molecule has 2 aliphatic heterocycles. The summed E-state index contributed by atoms with van der Waals surface area (Å²) in [6.45, 7) is 5.93. The van der Waals surface area contributed by atoms with Gasteiger partial charge in [0.05, 0.1) is 12.9 Å². The summed E-state index contributed by atoms with van der Waals surface area (Å²) in [7, 11) is 0. The zero-order valence-electron chi connectivity index (χ0n) is 14.6. The van der Waals surface area contributed by atoms with Gasteiger partial charge in [-0.15, -0.1) is 11.3 Å². The van der Waals surface area contributed by atoms with Gasteiger partial charge < -0.3 is 9.88 Å². The number of aromatic amines is 1. The first-order chi connectivity index (χ1) is 12.2. The molecule has 4 heterocycles. The number of aromatic nitrogens is 3. The molecule has 1 amide bonds. The molecule has 4 rings (SSSR count). The van der Waals surface area contributed by atoms with Crippen LogP contribution in [0.5, 0.6) is 0 Å². The van der Waals surface area contributed by atoms with Crippen molar-refractivity contribution in [3.05, 3.63) is 34.3 Å². The highest BCUT2D eigenvalue weighted by atomic mass is 32.1. The number of hydrogen-bond donors (Lipinski definition) is 1. The van der Waals surface area contributed by atoms with Crippen LogP contribution in [-0.2, 0) is 17.8 Å². The second-order valence-electron chi connectivity index (χ2n) is 7.19. The van der Waals surface area contributed by atoms with Crippen LogP contribution >= 0.6 is 11.3 Å². The standard InChI is InChI=1S/C18H25N5OS/c1-13-11-25-17(21-13)10-22-6-5-16-14(9-22)2-3-18(24)23(16)7-4-15-8-19-12-20-15/h8,11-12,14,16H,2-7,9-10H2,1H3,(H,19,20)/t14-,16+/m0/s1. The molecule has 2 aliphatic rings. The number of fused-ring (bicyclic) bond motifs is 1. The number of amides is 1. The summed E-state index contributed by atoms with van der Waals surface area (Å²) in [6, 6.07) is 0.401. The Hall–Kier alpha value is -1.73. The molecule has 6 nitrogen and oxygen atoms in total. The lowest BCUT2D eigenvalue weighted by Crippen LogP contribution is -2.56. The molecule has 0 radical (unpaired) electrons. The fourth-order valence-corrected chi connectivity index (χ4v) is 5.00. The molecule has 2 atom stereocenters. The van der Waals surface area contributed by atoms with Gasteiger partial charge in [0.15, 0.2) is 0 Å². The lowest BCUT2D eigenvalue weighted by Gasteiger charge is -2.47. The van der Waals surface area contributed by atoms with Crippen LogP contribution < -0.4 is 0 Å². The van der Waals surface area contributed by atoms with Gasteiger partial charge in [0.1, 0.15) is 5.01 Å². The maximum absolute atomic E-state index is 12.5. The summed E-state index contributed by atoms with van der Waals surface area (Å²) in [6.07, 6.45) is 7.20. The number of carbonyl (C=O) groups excluding carboxylic acids is 1. The van der Waals surface area contributed by atoms with Crippen molar-refractivity contribution in [2.24, 2.45) is 5.92 Å². The van der Waals surface area contributed by atoms with Gasteiger partial charge in [-0.1, -0.05) is 0 Å². The largest absolute Gasteiger partial charge is 0.348 e. The first kappa shape index (κ1) is 16.7. The number of H-pyrrole nitrogens is 1. The third kappa shape index (κ3) is 3.77. The number of carbonyl (C=O) groups is 1. The molecule has 0 bridgehead atoms. The highest BCUT2D eigenvalue weighted by Crippen LogP contribution is 2.32. The number of rotatable bonds is 5. The predicted molar refractivity (Wildman–Crippen MR) is 97.3 cm³/mol. The molecule has 1 N–H and O–H groups in total. The van der Waals surface area contributed by atoms with E-state index >= 15 is 0 Å². The predicted octanol–water partition coefficient (Wildman–Crippen LogP) is 2.23. The number of hydrogen-bond acceptors (Lipinski definition) is 5. The van der Waals surface area contributed by atoms with E-state index in [1.165, 1.54) is 5.01 Å². The van der Waals surface area contributed by atoms with E-state index in [0.29, 0.717) is 24.3 Å². The van der Waals surface area contributed by atoms with Crippen LogP contribution in [0.25, 0.3) is 0 Å². The van der Waals surface area contributed by atoms with Gasteiger partial charge in [-0.05, 0) is 25.7 Å². The first-order valence-electron chi connectivity index (χ1n) is 9.09. The Balaban J connectivity index is 1.37. The van der Waals surface area contributed by atoms with Crippen molar-refractivity contribution in [3.8, 4) is 0 Å². The summed E-state index contributed by atoms with van der Waals surface area (Å²) < 4.78 is 0. The summed E-state index contributed by atoms with van der Waals surface area (Å²) in [5, 5.41) is 3.33. The Morgan fingerprint density at radius 1 is 1.40 bits per heavy atom. The Labute approximate surface area is 152 Å². The third-order valence-corrected chi connectivity index (χ3v) is 6.38. The minimum absolute atomic E-state index is 0.324. The first-order valence-corrected chi connectivity index (χ1v) is 9.97. The molecule has 0 unspecified atom stereocenters. The van der Waals surface area contributed by atoms with Crippen molar-refractivity contribution in [2.75, 3.05) is 19.6 Å². The number of nitrogens with zero attached hydrogens (tertiary/aromatic N) is 4. The zero-order chi connectivity index (χ0) is 17.2. The van der Waals surface area contributed by atoms with Crippen molar-refractivity contribution in [1.29, 1.82) is 0 Å². The number of likely N-dealkylation sites (tertiary alicyclic amines) is 2. The van der Waals surface area contributed by atoms with Gasteiger partial charge in [0, 0.05) is 61.5 Å². The van der Waals surface area contributed by atoms with Gasteiger partial charge in [-0.2, -0.15) is 0 Å². The van der Waals surface area contributed by atoms with Gasteiger partial charge in [0.2, 0.25) is 5.91 Å². The summed E-state index contributed by atoms with van der Waals surface area (Å²) in [4.78, 5) is 28.9. The monoisotopic (exact) mass is 359 g/mol. The van der Waals surface area contributed by atoms with Crippen LogP contribution in [0.4, 0.5) is 0 Å². The van der Waals surface area contributed by atoms with Crippen molar-refractivity contribution < 1.29 is 4.79 Å². The van der Waals surface area contributed by atoms with Crippen molar-refractivity contribution in [3.63, 3.8) is 0 Å². The van der Waals surface area contributed by atoms with E-state index in [9.17, 15) is 4.79 Å². The molecule has 2 aromatic heterocycles. The Bertz CT molecular complexity index is 713. The topological polar surface area (TPSA) is 65.1 Å². The minimum Gasteiger partial charge on any atom is -0.348 e. The van der Waals surface area contributed by atoms with Crippen LogP contribution in [0.3, 0.4) is 0 Å². The number of nitrogens with one attached hydrogen (secondary N) is 1. The van der Waals surface area contributed by atoms with Gasteiger partial charge >= 0.3 is 0 Å². The average Bonchev–Trinajstić information content (AvgIpc) is 3.26. The quantitative estimate of drug-likeness (QED) is 0.889. The van der Waals surface area contributed by atoms with E-state index in [-0.39, 0.29) is 0 Å². The second kappa shape index (κ2) is 7.25. The van der Waals surface area contributed by atoms with E-state index < -0.39 is 0 Å². The number of thiazole rings is 1. The number of piperidine rings is 2. The van der Waals surface area contributed by atoms with Crippen molar-refractivity contribution >= 4 is 17.2 Å². The van der Waals surface area contributed by atoms with Crippen LogP contribution in [0.2, 0.25) is 0 Å². The maximum Gasteiger partial charge on any atom is 0.222 e. The molecular weight excluding hydrogens is 334 g/mol. The van der Waals surface area contributed by atoms with Crippen LogP contribution in [0.1, 0.15) is 35.7 Å². The molecule has 0 saturated carbocycles. The molecule has 2 aromatic rings. The molecule has 134 valence electrons. The maximum atomic E-state index is 12.5. The molecular formula is C18H25N5OS. The Morgan fingerprint density at radius 2 is 2.32 bits per heavy atom. The smallest absolute Gasteiger partial charge is 0.222 e. The lowest BCUT2D eigenvalue weighted by atomic mass is 9.83. The SMILES string of the molecule is Cc1csc(CN2CC[C@@H]3[C@@H](CCC(=O)N3CCc3cnc[nH]3)C2)n1. The highest BCUT2D eigenvalue weighted by molar-refractivity contribution is 7.09. The molecule has 7 heteroatoms. The van der Waals surface area contributed by atoms with E-state index in [4.69, 9.17) is 0 Å². The summed E-state index contributed by atoms with van der Waals surface area (Å²) in [5.74, 6) is 0.916. The van der Waals surface area contributed by atoms with Gasteiger partial charge in [-0.25, -0.2) is 9.97 Å². The van der Waals surface area contributed by atoms with E-state index in [0.717, 1.165) is 56.8 Å². The number of aryl methyl sites for hydroxylation is 1. The van der Waals surface area contributed by atoms with E-state index in [2.05, 4.69) is 37.1 Å². The highest BCUT2D eigenvalue weighted by Gasteiger charge is 2.39. The molecule has 2 saturated heterocycles. The van der Waals surface area contributed by atoms with E-state index in [1.54, 1.807) is 17.7 Å². The molecule has 0 aliphatic carbocycles. The number of imidazole rings is 1. The minimum atomic E-state index is 0.324. The van der Waals surface area contributed by atoms with Gasteiger partial charge in [-0.3, -0.25) is 9.69 Å². The lowest BCUT2D eigenvalue weighted by molar-refractivity contribution is -0.141. The summed E-state index contributed by atoms with van der Waals surface area (Å²) in [5.41, 5.74) is 2.22. The van der Waals surface area contributed by atoms with Crippen LogP contribution in [0, 0.1) is 12.8 Å². The molecule has 0 spiro atoms. The molecule has 25 heavy (non-hydrogen) atoms. The van der Waals surface area contributed by atoms with Crippen LogP contribution in [-0.4, -0.2) is 56.3 Å². The fraction of sp³-hybridized carbons (Fsp3) is 0.611. The van der Waals surface area contributed by atoms with Crippen molar-refractivity contribution in [1.82, 2.24) is 24.8 Å². The average molecular weight is 359 g/mol. The van der Waals surface area contributed by atoms with E-state index in [1.807, 2.05) is 6.20 Å². The molecule has 0 aromatic carbocycles. The zero-order valence-corrected chi connectivity index (χ0v) is 15.5. The normalized spacial score (nSPS) is 24.5. The van der Waals surface area contributed by atoms with Crippen molar-refractivity contribution in [2.45, 2.75) is 45.2 Å². The molecule has 2 fully saturated rings. The van der Waals surface area contributed by atoms with Crippen LogP contribution in [0.15, 0.2) is 17.9 Å².